The number of phenolic OH excluding ortho intramolecular Hbond substituents is 1. The number of fused-ring (bicyclic) bond motifs is 5. The van der Waals surface area contributed by atoms with E-state index in [1.54, 1.807) is 12.1 Å². The number of aryl methyl sites for hydroxylation is 1. The summed E-state index contributed by atoms with van der Waals surface area (Å²) in [6.07, 6.45) is 6.90. The molecule has 0 aromatic heterocycles. The molecular weight excluding hydrogens is 384 g/mol. The van der Waals surface area contributed by atoms with Crippen molar-refractivity contribution in [3.63, 3.8) is 0 Å². The standard InChI is InChI=1S/C28H32O3/c1-4-31-20-9-6-18(7-10-20)27(30)24-16-23-19(15-26(24)29)8-11-22-21(23)13-14-28(3)17(2)5-12-25(22)28/h6-7,9-10,15-16,21-22,25,29H,2,4-5,8,11-14H2,1,3H3/t21-,22+,25-,28+/m0/s1. The number of ketones is 1. The Morgan fingerprint density at radius 2 is 1.94 bits per heavy atom. The van der Waals surface area contributed by atoms with Gasteiger partial charge in [-0.15, -0.1) is 0 Å². The summed E-state index contributed by atoms with van der Waals surface area (Å²) in [5, 5.41) is 10.7. The topological polar surface area (TPSA) is 46.5 Å². The SMILES string of the molecule is C=C1CC[C@H]2[C@@H]3CCc4cc(O)c(C(=O)c5ccc(OCC)cc5)cc4[C@H]3CC[C@]12C. The quantitative estimate of drug-likeness (QED) is 0.461. The van der Waals surface area contributed by atoms with Crippen LogP contribution in [0.3, 0.4) is 0 Å². The lowest BCUT2D eigenvalue weighted by Crippen LogP contribution is -2.40. The number of hydrogen-bond donors (Lipinski definition) is 1. The van der Waals surface area contributed by atoms with Crippen LogP contribution in [0, 0.1) is 17.3 Å². The molecular formula is C28H32O3. The van der Waals surface area contributed by atoms with Crippen molar-refractivity contribution in [1.82, 2.24) is 0 Å². The summed E-state index contributed by atoms with van der Waals surface area (Å²) in [7, 11) is 0. The van der Waals surface area contributed by atoms with Crippen LogP contribution < -0.4 is 4.74 Å². The molecule has 2 saturated carbocycles. The Labute approximate surface area is 185 Å². The highest BCUT2D eigenvalue weighted by Crippen LogP contribution is 2.62. The highest BCUT2D eigenvalue weighted by atomic mass is 16.5. The number of phenols is 1. The van der Waals surface area contributed by atoms with E-state index in [4.69, 9.17) is 4.74 Å². The van der Waals surface area contributed by atoms with Crippen molar-refractivity contribution in [2.24, 2.45) is 17.3 Å². The molecule has 4 atom stereocenters. The van der Waals surface area contributed by atoms with Crippen LogP contribution in [0.1, 0.15) is 78.9 Å². The third-order valence-corrected chi connectivity index (χ3v) is 8.47. The number of carbonyl (C=O) groups is 1. The average molecular weight is 417 g/mol. The van der Waals surface area contributed by atoms with Crippen LogP contribution in [0.5, 0.6) is 11.5 Å². The summed E-state index contributed by atoms with van der Waals surface area (Å²) in [6.45, 7) is 9.36. The van der Waals surface area contributed by atoms with Crippen molar-refractivity contribution < 1.29 is 14.6 Å². The van der Waals surface area contributed by atoms with E-state index in [9.17, 15) is 9.90 Å². The molecule has 0 bridgehead atoms. The van der Waals surface area contributed by atoms with Crippen molar-refractivity contribution in [2.75, 3.05) is 6.61 Å². The van der Waals surface area contributed by atoms with Crippen LogP contribution in [0.4, 0.5) is 0 Å². The first-order valence-corrected chi connectivity index (χ1v) is 11.7. The number of hydrogen-bond acceptors (Lipinski definition) is 3. The summed E-state index contributed by atoms with van der Waals surface area (Å²) < 4.78 is 5.49. The van der Waals surface area contributed by atoms with Gasteiger partial charge < -0.3 is 9.84 Å². The van der Waals surface area contributed by atoms with Gasteiger partial charge in [-0.1, -0.05) is 19.1 Å². The maximum atomic E-state index is 13.2. The molecule has 2 aromatic rings. The van der Waals surface area contributed by atoms with Gasteiger partial charge in [0, 0.05) is 5.56 Å². The van der Waals surface area contributed by atoms with Crippen LogP contribution in [0.2, 0.25) is 0 Å². The Hall–Kier alpha value is -2.55. The molecule has 2 fully saturated rings. The average Bonchev–Trinajstić information content (AvgIpc) is 3.08. The highest BCUT2D eigenvalue weighted by Gasteiger charge is 2.52. The largest absolute Gasteiger partial charge is 0.507 e. The van der Waals surface area contributed by atoms with Crippen LogP contribution in [0.15, 0.2) is 48.6 Å². The number of carbonyl (C=O) groups excluding carboxylic acids is 1. The number of ether oxygens (including phenoxy) is 1. The maximum Gasteiger partial charge on any atom is 0.196 e. The molecule has 31 heavy (non-hydrogen) atoms. The second-order valence-electron chi connectivity index (χ2n) is 9.87. The minimum atomic E-state index is -0.125. The van der Waals surface area contributed by atoms with E-state index in [1.165, 1.54) is 36.0 Å². The van der Waals surface area contributed by atoms with Crippen molar-refractivity contribution in [3.05, 3.63) is 70.8 Å². The van der Waals surface area contributed by atoms with E-state index in [2.05, 4.69) is 13.5 Å². The van der Waals surface area contributed by atoms with Gasteiger partial charge in [0.15, 0.2) is 5.78 Å². The van der Waals surface area contributed by atoms with Crippen molar-refractivity contribution in [1.29, 1.82) is 0 Å². The van der Waals surface area contributed by atoms with Crippen LogP contribution >= 0.6 is 0 Å². The van der Waals surface area contributed by atoms with Crippen LogP contribution in [0.25, 0.3) is 0 Å². The molecule has 3 aliphatic carbocycles. The molecule has 0 spiro atoms. The van der Waals surface area contributed by atoms with Gasteiger partial charge in [-0.05, 0) is 116 Å². The lowest BCUT2D eigenvalue weighted by atomic mass is 9.55. The van der Waals surface area contributed by atoms with Gasteiger partial charge in [-0.2, -0.15) is 0 Å². The van der Waals surface area contributed by atoms with E-state index in [0.29, 0.717) is 35.5 Å². The Bertz CT molecular complexity index is 1030. The molecule has 5 rings (SSSR count). The van der Waals surface area contributed by atoms with Gasteiger partial charge in [0.05, 0.1) is 12.2 Å². The predicted octanol–water partition coefficient (Wildman–Crippen LogP) is 6.43. The summed E-state index contributed by atoms with van der Waals surface area (Å²) in [6, 6.07) is 11.1. The van der Waals surface area contributed by atoms with Gasteiger partial charge >= 0.3 is 0 Å². The van der Waals surface area contributed by atoms with Gasteiger partial charge in [-0.25, -0.2) is 0 Å². The monoisotopic (exact) mass is 416 g/mol. The van der Waals surface area contributed by atoms with Gasteiger partial charge in [-0.3, -0.25) is 4.79 Å². The molecule has 0 unspecified atom stereocenters. The summed E-state index contributed by atoms with van der Waals surface area (Å²) >= 11 is 0. The Kier molecular flexibility index (Phi) is 4.96. The molecule has 0 radical (unpaired) electrons. The fourth-order valence-electron chi connectivity index (χ4n) is 6.72. The maximum absolute atomic E-state index is 13.2. The molecule has 3 heteroatoms. The molecule has 3 nitrogen and oxygen atoms in total. The minimum Gasteiger partial charge on any atom is -0.507 e. The fourth-order valence-corrected chi connectivity index (χ4v) is 6.72. The molecule has 0 saturated heterocycles. The van der Waals surface area contributed by atoms with Gasteiger partial charge in [0.2, 0.25) is 0 Å². The zero-order valence-corrected chi connectivity index (χ0v) is 18.6. The van der Waals surface area contributed by atoms with E-state index in [0.717, 1.165) is 25.0 Å². The summed E-state index contributed by atoms with van der Waals surface area (Å²) in [4.78, 5) is 13.2. The molecule has 2 aromatic carbocycles. The summed E-state index contributed by atoms with van der Waals surface area (Å²) in [5.41, 5.74) is 5.25. The first kappa shape index (κ1) is 20.4. The number of aromatic hydroxyl groups is 1. The molecule has 0 aliphatic heterocycles. The highest BCUT2D eigenvalue weighted by molar-refractivity contribution is 6.10. The van der Waals surface area contributed by atoms with Crippen LogP contribution in [-0.4, -0.2) is 17.5 Å². The first-order chi connectivity index (χ1) is 14.9. The second-order valence-corrected chi connectivity index (χ2v) is 9.87. The smallest absolute Gasteiger partial charge is 0.196 e. The third-order valence-electron chi connectivity index (χ3n) is 8.47. The van der Waals surface area contributed by atoms with Crippen molar-refractivity contribution in [3.8, 4) is 11.5 Å². The molecule has 3 aliphatic rings. The van der Waals surface area contributed by atoms with E-state index in [1.807, 2.05) is 31.2 Å². The fraction of sp³-hybridized carbons (Fsp3) is 0.464. The zero-order chi connectivity index (χ0) is 21.8. The molecule has 1 N–H and O–H groups in total. The van der Waals surface area contributed by atoms with E-state index in [-0.39, 0.29) is 16.9 Å². The lowest BCUT2D eigenvalue weighted by Gasteiger charge is -2.49. The first-order valence-electron chi connectivity index (χ1n) is 11.7. The Morgan fingerprint density at radius 3 is 2.68 bits per heavy atom. The molecule has 162 valence electrons. The minimum absolute atomic E-state index is 0.103. The molecule has 0 heterocycles. The molecule has 0 amide bonds. The van der Waals surface area contributed by atoms with Gasteiger partial charge in [0.25, 0.3) is 0 Å². The van der Waals surface area contributed by atoms with Gasteiger partial charge in [0.1, 0.15) is 11.5 Å². The normalized spacial score (nSPS) is 29.1. The Balaban J connectivity index is 1.47. The summed E-state index contributed by atoms with van der Waals surface area (Å²) in [5.74, 6) is 2.57. The Morgan fingerprint density at radius 1 is 1.16 bits per heavy atom. The number of rotatable bonds is 4. The predicted molar refractivity (Wildman–Crippen MR) is 123 cm³/mol. The number of allylic oxidation sites excluding steroid dienone is 1. The van der Waals surface area contributed by atoms with Crippen molar-refractivity contribution >= 4 is 5.78 Å². The lowest BCUT2D eigenvalue weighted by molar-refractivity contribution is 0.0815. The van der Waals surface area contributed by atoms with E-state index < -0.39 is 0 Å². The number of benzene rings is 2. The van der Waals surface area contributed by atoms with E-state index >= 15 is 0 Å². The zero-order valence-electron chi connectivity index (χ0n) is 18.6. The van der Waals surface area contributed by atoms with Crippen LogP contribution in [-0.2, 0) is 6.42 Å². The second kappa shape index (κ2) is 7.55. The van der Waals surface area contributed by atoms with Crippen molar-refractivity contribution in [2.45, 2.75) is 58.3 Å². The third kappa shape index (κ3) is 3.21.